The summed E-state index contributed by atoms with van der Waals surface area (Å²) in [5.74, 6) is 0.318. The average Bonchev–Trinajstić information content (AvgIpc) is 2.73. The maximum absolute atomic E-state index is 12.4. The van der Waals surface area contributed by atoms with Crippen LogP contribution in [-0.2, 0) is 4.79 Å². The van der Waals surface area contributed by atoms with E-state index < -0.39 is 0 Å². The molecule has 0 aliphatic rings. The van der Waals surface area contributed by atoms with Crippen LogP contribution in [0.25, 0.3) is 11.4 Å². The molecule has 6 nitrogen and oxygen atoms in total. The number of aromatic nitrogens is 2. The third kappa shape index (κ3) is 4.80. The zero-order chi connectivity index (χ0) is 19.9. The molecular weight excluding hydrogens is 396 g/mol. The molecule has 28 heavy (non-hydrogen) atoms. The van der Waals surface area contributed by atoms with Gasteiger partial charge in [0.05, 0.1) is 35.5 Å². The van der Waals surface area contributed by atoms with E-state index in [4.69, 9.17) is 16.3 Å². The first-order valence-corrected chi connectivity index (χ1v) is 9.56. The van der Waals surface area contributed by atoms with Gasteiger partial charge in [0.2, 0.25) is 5.91 Å². The predicted molar refractivity (Wildman–Crippen MR) is 110 cm³/mol. The highest BCUT2D eigenvalue weighted by Crippen LogP contribution is 2.29. The molecule has 0 aliphatic carbocycles. The molecule has 1 N–H and O–H groups in total. The van der Waals surface area contributed by atoms with Crippen molar-refractivity contribution in [3.05, 3.63) is 65.3 Å². The number of hydrogen-bond acceptors (Lipinski definition) is 6. The standard InChI is InChI=1S/C20H15ClN4O2S/c1-27-18-8-6-14(21)10-17(18)24-19(26)12-28-20-13(11-22)5-7-16(25-20)15-4-2-3-9-23-15/h2-10H,12H2,1H3,(H,24,26). The van der Waals surface area contributed by atoms with Crippen molar-refractivity contribution in [2.75, 3.05) is 18.2 Å². The summed E-state index contributed by atoms with van der Waals surface area (Å²) in [4.78, 5) is 21.1. The highest BCUT2D eigenvalue weighted by atomic mass is 35.5. The van der Waals surface area contributed by atoms with Gasteiger partial charge in [0, 0.05) is 11.2 Å². The summed E-state index contributed by atoms with van der Waals surface area (Å²) in [7, 11) is 1.51. The number of rotatable bonds is 6. The van der Waals surface area contributed by atoms with Crippen LogP contribution in [0, 0.1) is 11.3 Å². The van der Waals surface area contributed by atoms with Gasteiger partial charge < -0.3 is 10.1 Å². The van der Waals surface area contributed by atoms with Crippen LogP contribution in [0.4, 0.5) is 5.69 Å². The van der Waals surface area contributed by atoms with Crippen LogP contribution in [0.2, 0.25) is 5.02 Å². The SMILES string of the molecule is COc1ccc(Cl)cc1NC(=O)CSc1nc(-c2ccccn2)ccc1C#N. The maximum atomic E-state index is 12.4. The van der Waals surface area contributed by atoms with Gasteiger partial charge in [-0.2, -0.15) is 5.26 Å². The van der Waals surface area contributed by atoms with Crippen LogP contribution in [0.15, 0.2) is 59.8 Å². The minimum absolute atomic E-state index is 0.0724. The molecule has 1 amide bonds. The number of amides is 1. The number of nitrogens with zero attached hydrogens (tertiary/aromatic N) is 3. The minimum Gasteiger partial charge on any atom is -0.495 e. The number of halogens is 1. The molecule has 0 saturated heterocycles. The predicted octanol–water partition coefficient (Wildman–Crippen LogP) is 4.41. The van der Waals surface area contributed by atoms with Crippen LogP contribution in [0.5, 0.6) is 5.75 Å². The van der Waals surface area contributed by atoms with E-state index in [1.807, 2.05) is 18.2 Å². The van der Waals surface area contributed by atoms with E-state index in [2.05, 4.69) is 21.4 Å². The van der Waals surface area contributed by atoms with Crippen molar-refractivity contribution < 1.29 is 9.53 Å². The zero-order valence-electron chi connectivity index (χ0n) is 14.8. The summed E-state index contributed by atoms with van der Waals surface area (Å²) in [5.41, 5.74) is 2.22. The lowest BCUT2D eigenvalue weighted by Crippen LogP contribution is -2.15. The van der Waals surface area contributed by atoms with Crippen molar-refractivity contribution in [3.8, 4) is 23.2 Å². The van der Waals surface area contributed by atoms with E-state index >= 15 is 0 Å². The number of carbonyl (C=O) groups is 1. The normalized spacial score (nSPS) is 10.2. The number of nitrogens with one attached hydrogen (secondary N) is 1. The van der Waals surface area contributed by atoms with Crippen LogP contribution in [-0.4, -0.2) is 28.7 Å². The van der Waals surface area contributed by atoms with Crippen molar-refractivity contribution in [2.24, 2.45) is 0 Å². The molecular formula is C20H15ClN4O2S. The number of pyridine rings is 2. The monoisotopic (exact) mass is 410 g/mol. The quantitative estimate of drug-likeness (QED) is 0.605. The summed E-state index contributed by atoms with van der Waals surface area (Å²) >= 11 is 7.16. The van der Waals surface area contributed by atoms with Gasteiger partial charge in [-0.15, -0.1) is 0 Å². The number of ether oxygens (including phenoxy) is 1. The molecule has 0 fully saturated rings. The molecule has 140 valence electrons. The summed E-state index contributed by atoms with van der Waals surface area (Å²) < 4.78 is 5.22. The van der Waals surface area contributed by atoms with Crippen molar-refractivity contribution in [3.63, 3.8) is 0 Å². The third-order valence-electron chi connectivity index (χ3n) is 3.68. The van der Waals surface area contributed by atoms with E-state index in [0.717, 1.165) is 0 Å². The Kier molecular flexibility index (Phi) is 6.48. The molecule has 8 heteroatoms. The molecule has 3 aromatic rings. The molecule has 0 radical (unpaired) electrons. The van der Waals surface area contributed by atoms with Crippen LogP contribution >= 0.6 is 23.4 Å². The molecule has 0 spiro atoms. The van der Waals surface area contributed by atoms with Crippen molar-refractivity contribution in [1.82, 2.24) is 9.97 Å². The van der Waals surface area contributed by atoms with E-state index in [1.54, 1.807) is 36.5 Å². The van der Waals surface area contributed by atoms with E-state index in [1.165, 1.54) is 18.9 Å². The summed E-state index contributed by atoms with van der Waals surface area (Å²) in [6, 6.07) is 16.0. The number of thioether (sulfide) groups is 1. The Balaban J connectivity index is 1.74. The molecule has 0 saturated carbocycles. The van der Waals surface area contributed by atoms with Crippen LogP contribution in [0.3, 0.4) is 0 Å². The topological polar surface area (TPSA) is 87.9 Å². The number of anilines is 1. The third-order valence-corrected chi connectivity index (χ3v) is 4.91. The maximum Gasteiger partial charge on any atom is 0.234 e. The van der Waals surface area contributed by atoms with Gasteiger partial charge in [-0.05, 0) is 42.5 Å². The average molecular weight is 411 g/mol. The molecule has 0 aliphatic heterocycles. The molecule has 3 rings (SSSR count). The molecule has 0 unspecified atom stereocenters. The smallest absolute Gasteiger partial charge is 0.234 e. The Morgan fingerprint density at radius 2 is 2.11 bits per heavy atom. The number of benzene rings is 1. The molecule has 1 aromatic carbocycles. The van der Waals surface area contributed by atoms with Gasteiger partial charge in [-0.1, -0.05) is 29.4 Å². The van der Waals surface area contributed by atoms with Gasteiger partial charge >= 0.3 is 0 Å². The second kappa shape index (κ2) is 9.22. The van der Waals surface area contributed by atoms with Crippen molar-refractivity contribution in [2.45, 2.75) is 5.03 Å². The van der Waals surface area contributed by atoms with Crippen molar-refractivity contribution in [1.29, 1.82) is 5.26 Å². The molecule has 0 bridgehead atoms. The molecule has 2 aromatic heterocycles. The zero-order valence-corrected chi connectivity index (χ0v) is 16.4. The Bertz CT molecular complexity index is 1040. The summed E-state index contributed by atoms with van der Waals surface area (Å²) in [5, 5.41) is 13.1. The lowest BCUT2D eigenvalue weighted by Gasteiger charge is -2.11. The highest BCUT2D eigenvalue weighted by molar-refractivity contribution is 8.00. The number of hydrogen-bond donors (Lipinski definition) is 1. The Morgan fingerprint density at radius 1 is 1.25 bits per heavy atom. The van der Waals surface area contributed by atoms with E-state index in [9.17, 15) is 10.1 Å². The fourth-order valence-corrected chi connectivity index (χ4v) is 3.33. The van der Waals surface area contributed by atoms with Gasteiger partial charge in [-0.3, -0.25) is 9.78 Å². The van der Waals surface area contributed by atoms with Gasteiger partial charge in [0.25, 0.3) is 0 Å². The van der Waals surface area contributed by atoms with Gasteiger partial charge in [-0.25, -0.2) is 4.98 Å². The second-order valence-corrected chi connectivity index (χ2v) is 6.96. The number of nitriles is 1. The second-order valence-electron chi connectivity index (χ2n) is 5.56. The molecule has 2 heterocycles. The largest absolute Gasteiger partial charge is 0.495 e. The fraction of sp³-hybridized carbons (Fsp3) is 0.100. The van der Waals surface area contributed by atoms with Crippen molar-refractivity contribution >= 4 is 35.0 Å². The van der Waals surface area contributed by atoms with Gasteiger partial charge in [0.1, 0.15) is 16.8 Å². The summed E-state index contributed by atoms with van der Waals surface area (Å²) in [6.07, 6.45) is 1.67. The lowest BCUT2D eigenvalue weighted by molar-refractivity contribution is -0.113. The first kappa shape index (κ1) is 19.7. The Hall–Kier alpha value is -3.08. The Labute approximate surface area is 171 Å². The molecule has 0 atom stereocenters. The first-order valence-electron chi connectivity index (χ1n) is 8.19. The number of methoxy groups -OCH3 is 1. The summed E-state index contributed by atoms with van der Waals surface area (Å²) in [6.45, 7) is 0. The lowest BCUT2D eigenvalue weighted by atomic mass is 10.2. The van der Waals surface area contributed by atoms with Gasteiger partial charge in [0.15, 0.2) is 0 Å². The Morgan fingerprint density at radius 3 is 2.82 bits per heavy atom. The highest BCUT2D eigenvalue weighted by Gasteiger charge is 2.13. The van der Waals surface area contributed by atoms with E-state index in [0.29, 0.717) is 38.4 Å². The van der Waals surface area contributed by atoms with Crippen LogP contribution in [0.1, 0.15) is 5.56 Å². The van der Waals surface area contributed by atoms with Crippen LogP contribution < -0.4 is 10.1 Å². The number of carbonyl (C=O) groups excluding carboxylic acids is 1. The van der Waals surface area contributed by atoms with E-state index in [-0.39, 0.29) is 11.7 Å². The minimum atomic E-state index is -0.264. The fourth-order valence-electron chi connectivity index (χ4n) is 2.39. The first-order chi connectivity index (χ1) is 13.6.